The Labute approximate surface area is 76.7 Å². The van der Waals surface area contributed by atoms with Crippen LogP contribution in [0.2, 0.25) is 0 Å². The van der Waals surface area contributed by atoms with Gasteiger partial charge in [0, 0.05) is 14.1 Å². The molecule has 0 aromatic rings. The van der Waals surface area contributed by atoms with Crippen molar-refractivity contribution in [2.24, 2.45) is 11.7 Å². The molecule has 5 heteroatoms. The molecule has 0 aromatic heterocycles. The predicted octanol–water partition coefficient (Wildman–Crippen LogP) is -0.434. The Bertz CT molecular complexity index is 211. The Morgan fingerprint density at radius 2 is 1.83 bits per heavy atom. The van der Waals surface area contributed by atoms with Gasteiger partial charge in [-0.1, -0.05) is 12.2 Å². The van der Waals surface area contributed by atoms with Gasteiger partial charge in [0.1, 0.15) is 11.7 Å². The molecule has 0 aromatic carbocycles. The van der Waals surface area contributed by atoms with Gasteiger partial charge in [-0.2, -0.15) is 0 Å². The molecule has 0 saturated heterocycles. The number of nitrogens with zero attached hydrogens (tertiary/aromatic N) is 1. The second kappa shape index (κ2) is 4.15. The number of carbonyl (C=O) groups is 2. The Morgan fingerprint density at radius 3 is 1.92 bits per heavy atom. The minimum Gasteiger partial charge on any atom is -0.371 e. The van der Waals surface area contributed by atoms with Gasteiger partial charge in [-0.15, -0.1) is 0 Å². The molecule has 68 valence electrons. The first-order chi connectivity index (χ1) is 5.37. The van der Waals surface area contributed by atoms with Crippen LogP contribution in [0.1, 0.15) is 6.92 Å². The number of hydrogen-bond donors (Lipinski definition) is 1. The lowest BCUT2D eigenvalue weighted by Gasteiger charge is -2.18. The van der Waals surface area contributed by atoms with E-state index in [4.69, 9.17) is 18.0 Å². The lowest BCUT2D eigenvalue weighted by molar-refractivity contribution is -0.128. The third-order valence-corrected chi connectivity index (χ3v) is 1.98. The normalized spacial score (nSPS) is 11.9. The van der Waals surface area contributed by atoms with Crippen molar-refractivity contribution in [1.82, 2.24) is 4.90 Å². The molecular weight excluding hydrogens is 176 g/mol. The van der Waals surface area contributed by atoms with Crippen LogP contribution in [0.5, 0.6) is 0 Å². The van der Waals surface area contributed by atoms with E-state index in [0.717, 1.165) is 0 Å². The number of primary amides is 1. The van der Waals surface area contributed by atoms with Gasteiger partial charge in [0.15, 0.2) is 0 Å². The van der Waals surface area contributed by atoms with E-state index in [0.29, 0.717) is 0 Å². The molecular formula is C7H12N2O2S. The lowest BCUT2D eigenvalue weighted by Crippen LogP contribution is -2.40. The van der Waals surface area contributed by atoms with Crippen molar-refractivity contribution in [3.8, 4) is 0 Å². The van der Waals surface area contributed by atoms with Gasteiger partial charge in [-0.05, 0) is 6.92 Å². The molecule has 0 aliphatic carbocycles. The van der Waals surface area contributed by atoms with Crippen molar-refractivity contribution in [1.29, 1.82) is 0 Å². The first kappa shape index (κ1) is 11.0. The maximum absolute atomic E-state index is 10.9. The molecule has 4 nitrogen and oxygen atoms in total. The molecule has 1 atom stereocenters. The number of rotatable bonds is 3. The SMILES string of the molecule is CC(=O)C(C(N)=O)C(=S)N(C)C. The second-order valence-corrected chi connectivity index (χ2v) is 3.10. The van der Waals surface area contributed by atoms with E-state index in [9.17, 15) is 9.59 Å². The van der Waals surface area contributed by atoms with E-state index in [1.165, 1.54) is 11.8 Å². The standard InChI is InChI=1S/C7H12N2O2S/c1-4(10)5(6(8)11)7(12)9(2)3/h5H,1-3H3,(H2,8,11). The Kier molecular flexibility index (Phi) is 3.82. The van der Waals surface area contributed by atoms with Crippen LogP contribution in [0.15, 0.2) is 0 Å². The van der Waals surface area contributed by atoms with Crippen LogP contribution in [-0.2, 0) is 9.59 Å². The Balaban J connectivity index is 4.64. The molecule has 0 saturated carbocycles. The van der Waals surface area contributed by atoms with Gasteiger partial charge in [-0.3, -0.25) is 9.59 Å². The van der Waals surface area contributed by atoms with Gasteiger partial charge >= 0.3 is 0 Å². The summed E-state index contributed by atoms with van der Waals surface area (Å²) in [5.41, 5.74) is 5.00. The fraction of sp³-hybridized carbons (Fsp3) is 0.571. The van der Waals surface area contributed by atoms with E-state index in [-0.39, 0.29) is 10.8 Å². The number of carbonyl (C=O) groups excluding carboxylic acids is 2. The number of thiocarbonyl (C=S) groups is 1. The van der Waals surface area contributed by atoms with Crippen molar-refractivity contribution in [3.63, 3.8) is 0 Å². The van der Waals surface area contributed by atoms with Gasteiger partial charge in [0.05, 0.1) is 4.99 Å². The average Bonchev–Trinajstić information content (AvgIpc) is 1.85. The number of hydrogen-bond acceptors (Lipinski definition) is 3. The number of amides is 1. The largest absolute Gasteiger partial charge is 0.371 e. The molecule has 0 spiro atoms. The summed E-state index contributed by atoms with van der Waals surface area (Å²) >= 11 is 4.86. The maximum atomic E-state index is 10.9. The van der Waals surface area contributed by atoms with Crippen LogP contribution in [0.25, 0.3) is 0 Å². The molecule has 0 bridgehead atoms. The van der Waals surface area contributed by atoms with Gasteiger partial charge in [0.25, 0.3) is 0 Å². The van der Waals surface area contributed by atoms with Crippen LogP contribution in [0.4, 0.5) is 0 Å². The lowest BCUT2D eigenvalue weighted by atomic mass is 10.0. The fourth-order valence-electron chi connectivity index (χ4n) is 0.754. The van der Waals surface area contributed by atoms with Crippen molar-refractivity contribution in [2.75, 3.05) is 14.1 Å². The zero-order chi connectivity index (χ0) is 9.89. The summed E-state index contributed by atoms with van der Waals surface area (Å²) in [4.78, 5) is 23.5. The number of ketones is 1. The van der Waals surface area contributed by atoms with Crippen LogP contribution in [-0.4, -0.2) is 35.7 Å². The minimum absolute atomic E-state index is 0.259. The summed E-state index contributed by atoms with van der Waals surface area (Å²) in [5.74, 6) is -1.97. The highest BCUT2D eigenvalue weighted by atomic mass is 32.1. The third-order valence-electron chi connectivity index (χ3n) is 1.38. The number of Topliss-reactive ketones (excluding diaryl/α,β-unsaturated/α-hetero) is 1. The zero-order valence-corrected chi connectivity index (χ0v) is 8.14. The summed E-state index contributed by atoms with van der Waals surface area (Å²) in [7, 11) is 3.34. The quantitative estimate of drug-likeness (QED) is 0.482. The highest BCUT2D eigenvalue weighted by Gasteiger charge is 2.26. The molecule has 0 aliphatic rings. The summed E-state index contributed by atoms with van der Waals surface area (Å²) < 4.78 is 0. The van der Waals surface area contributed by atoms with Gasteiger partial charge < -0.3 is 10.6 Å². The van der Waals surface area contributed by atoms with E-state index in [1.807, 2.05) is 0 Å². The summed E-state index contributed by atoms with van der Waals surface area (Å²) in [5, 5.41) is 0. The van der Waals surface area contributed by atoms with E-state index in [2.05, 4.69) is 0 Å². The van der Waals surface area contributed by atoms with E-state index >= 15 is 0 Å². The molecule has 0 aliphatic heterocycles. The van der Waals surface area contributed by atoms with Crippen molar-refractivity contribution in [3.05, 3.63) is 0 Å². The molecule has 0 rings (SSSR count). The zero-order valence-electron chi connectivity index (χ0n) is 7.33. The second-order valence-electron chi connectivity index (χ2n) is 2.68. The van der Waals surface area contributed by atoms with Gasteiger partial charge in [-0.25, -0.2) is 0 Å². The fourth-order valence-corrected chi connectivity index (χ4v) is 1.04. The topological polar surface area (TPSA) is 63.4 Å². The first-order valence-electron chi connectivity index (χ1n) is 3.39. The highest BCUT2D eigenvalue weighted by molar-refractivity contribution is 7.80. The van der Waals surface area contributed by atoms with Gasteiger partial charge in [0.2, 0.25) is 5.91 Å². The molecule has 0 fully saturated rings. The monoisotopic (exact) mass is 188 g/mol. The number of nitrogens with two attached hydrogens (primary N) is 1. The smallest absolute Gasteiger partial charge is 0.234 e. The molecule has 1 amide bonds. The summed E-state index contributed by atoms with van der Waals surface area (Å²) in [6.07, 6.45) is 0. The Morgan fingerprint density at radius 1 is 1.42 bits per heavy atom. The maximum Gasteiger partial charge on any atom is 0.234 e. The summed E-state index contributed by atoms with van der Waals surface area (Å²) in [6, 6.07) is 0. The molecule has 2 N–H and O–H groups in total. The molecule has 0 heterocycles. The third kappa shape index (κ3) is 2.58. The average molecular weight is 188 g/mol. The highest BCUT2D eigenvalue weighted by Crippen LogP contribution is 2.03. The van der Waals surface area contributed by atoms with Crippen LogP contribution in [0, 0.1) is 5.92 Å². The first-order valence-corrected chi connectivity index (χ1v) is 3.79. The molecule has 1 unspecified atom stereocenters. The molecule has 12 heavy (non-hydrogen) atoms. The molecule has 0 radical (unpaired) electrons. The minimum atomic E-state index is -0.963. The van der Waals surface area contributed by atoms with Crippen LogP contribution >= 0.6 is 12.2 Å². The van der Waals surface area contributed by atoms with Crippen LogP contribution in [0.3, 0.4) is 0 Å². The summed E-state index contributed by atoms with van der Waals surface area (Å²) in [6.45, 7) is 1.30. The van der Waals surface area contributed by atoms with E-state index < -0.39 is 11.8 Å². The Hall–Kier alpha value is -0.970. The van der Waals surface area contributed by atoms with Crippen molar-refractivity contribution < 1.29 is 9.59 Å². The van der Waals surface area contributed by atoms with Crippen molar-refractivity contribution >= 4 is 28.9 Å². The van der Waals surface area contributed by atoms with Crippen molar-refractivity contribution in [2.45, 2.75) is 6.92 Å². The van der Waals surface area contributed by atoms with E-state index in [1.54, 1.807) is 14.1 Å². The predicted molar refractivity (Wildman–Crippen MR) is 49.7 cm³/mol. The van der Waals surface area contributed by atoms with Crippen LogP contribution < -0.4 is 5.73 Å².